The highest BCUT2D eigenvalue weighted by Gasteiger charge is 2.25. The number of hydrogen-bond acceptors (Lipinski definition) is 4. The molecule has 1 unspecified atom stereocenters. The van der Waals surface area contributed by atoms with E-state index >= 15 is 0 Å². The Hall–Kier alpha value is -3.34. The van der Waals surface area contributed by atoms with Crippen LogP contribution in [0, 0.1) is 0 Å². The van der Waals surface area contributed by atoms with Crippen LogP contribution in [-0.4, -0.2) is 23.1 Å². The van der Waals surface area contributed by atoms with Gasteiger partial charge in [0.1, 0.15) is 12.4 Å². The first kappa shape index (κ1) is 17.5. The Labute approximate surface area is 150 Å². The minimum absolute atomic E-state index is 0.0975. The van der Waals surface area contributed by atoms with Gasteiger partial charge in [-0.15, -0.1) is 0 Å². The molecule has 0 aliphatic rings. The van der Waals surface area contributed by atoms with Crippen molar-refractivity contribution in [3.8, 4) is 5.75 Å². The predicted octanol–water partition coefficient (Wildman–Crippen LogP) is 3.81. The van der Waals surface area contributed by atoms with E-state index in [0.717, 1.165) is 16.3 Å². The lowest BCUT2D eigenvalue weighted by Gasteiger charge is -2.16. The first-order chi connectivity index (χ1) is 12.6. The van der Waals surface area contributed by atoms with E-state index in [1.807, 2.05) is 60.7 Å². The van der Waals surface area contributed by atoms with Gasteiger partial charge in [0, 0.05) is 5.39 Å². The van der Waals surface area contributed by atoms with Gasteiger partial charge in [-0.25, -0.2) is 4.79 Å². The van der Waals surface area contributed by atoms with E-state index in [1.54, 1.807) is 12.1 Å². The summed E-state index contributed by atoms with van der Waals surface area (Å²) in [5.41, 5.74) is 0.836. The molecule has 0 radical (unpaired) electrons. The quantitative estimate of drug-likeness (QED) is 0.656. The summed E-state index contributed by atoms with van der Waals surface area (Å²) in [6, 6.07) is 22.1. The molecule has 1 N–H and O–H groups in total. The van der Waals surface area contributed by atoms with Gasteiger partial charge >= 0.3 is 11.9 Å². The Kier molecular flexibility index (Phi) is 5.49. The highest BCUT2D eigenvalue weighted by molar-refractivity contribution is 5.89. The summed E-state index contributed by atoms with van der Waals surface area (Å²) >= 11 is 0. The number of carbonyl (C=O) groups excluding carboxylic acids is 1. The van der Waals surface area contributed by atoms with Gasteiger partial charge in [-0.1, -0.05) is 66.7 Å². The van der Waals surface area contributed by atoms with E-state index in [4.69, 9.17) is 9.47 Å². The number of aliphatic carboxylic acids is 1. The van der Waals surface area contributed by atoms with Crippen LogP contribution in [0.2, 0.25) is 0 Å². The van der Waals surface area contributed by atoms with E-state index in [0.29, 0.717) is 5.75 Å². The first-order valence-corrected chi connectivity index (χ1v) is 8.20. The summed E-state index contributed by atoms with van der Waals surface area (Å²) in [5.74, 6) is -1.41. The monoisotopic (exact) mass is 350 g/mol. The van der Waals surface area contributed by atoms with E-state index in [1.165, 1.54) is 0 Å². The van der Waals surface area contributed by atoms with Crippen molar-refractivity contribution in [1.29, 1.82) is 0 Å². The summed E-state index contributed by atoms with van der Waals surface area (Å²) in [6.07, 6.45) is -1.69. The SMILES string of the molecule is O=C(CC(Oc1cccc2ccccc12)C(=O)O)OCc1ccccc1. The van der Waals surface area contributed by atoms with Crippen molar-refractivity contribution in [1.82, 2.24) is 0 Å². The highest BCUT2D eigenvalue weighted by Crippen LogP contribution is 2.26. The third-order valence-electron chi connectivity index (χ3n) is 3.89. The van der Waals surface area contributed by atoms with Crippen LogP contribution in [0.4, 0.5) is 0 Å². The molecule has 5 heteroatoms. The summed E-state index contributed by atoms with van der Waals surface area (Å²) in [4.78, 5) is 23.5. The van der Waals surface area contributed by atoms with Crippen molar-refractivity contribution < 1.29 is 24.2 Å². The Morgan fingerprint density at radius 1 is 0.885 bits per heavy atom. The van der Waals surface area contributed by atoms with Crippen LogP contribution in [0.1, 0.15) is 12.0 Å². The molecule has 0 fully saturated rings. The van der Waals surface area contributed by atoms with E-state index in [-0.39, 0.29) is 13.0 Å². The van der Waals surface area contributed by atoms with Crippen molar-refractivity contribution in [2.45, 2.75) is 19.1 Å². The van der Waals surface area contributed by atoms with Crippen molar-refractivity contribution in [2.24, 2.45) is 0 Å². The van der Waals surface area contributed by atoms with Gasteiger partial charge in [0.25, 0.3) is 0 Å². The molecule has 0 aromatic heterocycles. The third-order valence-corrected chi connectivity index (χ3v) is 3.89. The molecule has 3 aromatic rings. The van der Waals surface area contributed by atoms with Crippen LogP contribution in [0.5, 0.6) is 5.75 Å². The molecule has 3 rings (SSSR count). The lowest BCUT2D eigenvalue weighted by Crippen LogP contribution is -2.30. The summed E-state index contributed by atoms with van der Waals surface area (Å²) in [6.45, 7) is 0.0975. The molecule has 0 aliphatic heterocycles. The zero-order chi connectivity index (χ0) is 18.4. The molecule has 132 valence electrons. The number of rotatable bonds is 7. The molecule has 0 bridgehead atoms. The van der Waals surface area contributed by atoms with Crippen molar-refractivity contribution >= 4 is 22.7 Å². The second-order valence-electron chi connectivity index (χ2n) is 5.77. The number of carboxylic acid groups (broad SMARTS) is 1. The van der Waals surface area contributed by atoms with E-state index in [2.05, 4.69) is 0 Å². The number of carboxylic acids is 1. The molecule has 0 amide bonds. The third kappa shape index (κ3) is 4.39. The van der Waals surface area contributed by atoms with Crippen molar-refractivity contribution in [3.05, 3.63) is 78.4 Å². The van der Waals surface area contributed by atoms with Crippen LogP contribution in [0.15, 0.2) is 72.8 Å². The zero-order valence-electron chi connectivity index (χ0n) is 14.0. The molecular formula is C21H18O5. The van der Waals surface area contributed by atoms with Crippen LogP contribution in [0.3, 0.4) is 0 Å². The number of fused-ring (bicyclic) bond motifs is 1. The number of carbonyl (C=O) groups is 2. The highest BCUT2D eigenvalue weighted by atomic mass is 16.5. The maximum absolute atomic E-state index is 12.0. The molecule has 0 aliphatic carbocycles. The molecular weight excluding hydrogens is 332 g/mol. The number of esters is 1. The molecule has 0 spiro atoms. The van der Waals surface area contributed by atoms with Gasteiger partial charge < -0.3 is 14.6 Å². The predicted molar refractivity (Wildman–Crippen MR) is 96.9 cm³/mol. The Morgan fingerprint density at radius 2 is 1.58 bits per heavy atom. The van der Waals surface area contributed by atoms with Crippen LogP contribution >= 0.6 is 0 Å². The zero-order valence-corrected chi connectivity index (χ0v) is 14.0. The standard InChI is InChI=1S/C21H18O5/c22-20(25-14-15-7-2-1-3-8-15)13-19(21(23)24)26-18-12-6-10-16-9-4-5-11-17(16)18/h1-12,19H,13-14H2,(H,23,24). The first-order valence-electron chi connectivity index (χ1n) is 8.20. The van der Waals surface area contributed by atoms with E-state index in [9.17, 15) is 14.7 Å². The van der Waals surface area contributed by atoms with E-state index < -0.39 is 18.0 Å². The minimum Gasteiger partial charge on any atom is -0.478 e. The maximum atomic E-state index is 12.0. The smallest absolute Gasteiger partial charge is 0.345 e. The Balaban J connectivity index is 1.67. The van der Waals surface area contributed by atoms with Crippen LogP contribution < -0.4 is 4.74 Å². The average Bonchev–Trinajstić information content (AvgIpc) is 2.67. The molecule has 5 nitrogen and oxygen atoms in total. The lowest BCUT2D eigenvalue weighted by atomic mass is 10.1. The largest absolute Gasteiger partial charge is 0.478 e. The van der Waals surface area contributed by atoms with Gasteiger partial charge in [-0.3, -0.25) is 4.79 Å². The van der Waals surface area contributed by atoms with Gasteiger partial charge in [-0.2, -0.15) is 0 Å². The second kappa shape index (κ2) is 8.16. The molecule has 0 saturated carbocycles. The molecule has 0 heterocycles. The average molecular weight is 350 g/mol. The van der Waals surface area contributed by atoms with Gasteiger partial charge in [-0.05, 0) is 17.0 Å². The molecule has 3 aromatic carbocycles. The number of hydrogen-bond donors (Lipinski definition) is 1. The van der Waals surface area contributed by atoms with Gasteiger partial charge in [0.2, 0.25) is 6.10 Å². The molecule has 0 saturated heterocycles. The number of benzene rings is 3. The summed E-state index contributed by atoms with van der Waals surface area (Å²) in [7, 11) is 0. The molecule has 1 atom stereocenters. The minimum atomic E-state index is -1.32. The fourth-order valence-corrected chi connectivity index (χ4v) is 2.58. The molecule has 26 heavy (non-hydrogen) atoms. The van der Waals surface area contributed by atoms with Gasteiger partial charge in [0.15, 0.2) is 0 Å². The topological polar surface area (TPSA) is 72.8 Å². The Bertz CT molecular complexity index is 899. The summed E-state index contributed by atoms with van der Waals surface area (Å²) in [5, 5.41) is 11.1. The van der Waals surface area contributed by atoms with Crippen LogP contribution in [0.25, 0.3) is 10.8 Å². The second-order valence-corrected chi connectivity index (χ2v) is 5.77. The fourth-order valence-electron chi connectivity index (χ4n) is 2.58. The van der Waals surface area contributed by atoms with Gasteiger partial charge in [0.05, 0.1) is 6.42 Å². The van der Waals surface area contributed by atoms with Crippen LogP contribution in [-0.2, 0) is 20.9 Å². The Morgan fingerprint density at radius 3 is 2.35 bits per heavy atom. The lowest BCUT2D eigenvalue weighted by molar-refractivity contribution is -0.155. The van der Waals surface area contributed by atoms with Crippen molar-refractivity contribution in [3.63, 3.8) is 0 Å². The normalized spacial score (nSPS) is 11.7. The maximum Gasteiger partial charge on any atom is 0.345 e. The number of ether oxygens (including phenoxy) is 2. The summed E-state index contributed by atoms with van der Waals surface area (Å²) < 4.78 is 10.8. The fraction of sp³-hybridized carbons (Fsp3) is 0.143. The van der Waals surface area contributed by atoms with Crippen molar-refractivity contribution in [2.75, 3.05) is 0 Å².